The Hall–Kier alpha value is -3.27. The van der Waals surface area contributed by atoms with Gasteiger partial charge in [-0.3, -0.25) is 9.52 Å². The molecule has 3 aromatic rings. The molecule has 0 atom stereocenters. The summed E-state index contributed by atoms with van der Waals surface area (Å²) < 4.78 is 33.1. The van der Waals surface area contributed by atoms with Crippen LogP contribution in [-0.4, -0.2) is 30.9 Å². The topological polar surface area (TPSA) is 133 Å². The number of carbonyl (C=O) groups is 1. The number of H-pyrrole nitrogens is 2. The number of benzene rings is 2. The highest BCUT2D eigenvalue weighted by Gasteiger charge is 2.23. The quantitative estimate of drug-likeness (QED) is 0.553. The number of hydrogen-bond acceptors (Lipinski definition) is 5. The van der Waals surface area contributed by atoms with Crippen LogP contribution in [-0.2, 0) is 14.8 Å². The summed E-state index contributed by atoms with van der Waals surface area (Å²) in [4.78, 5) is 27.7. The van der Waals surface area contributed by atoms with Crippen molar-refractivity contribution in [1.29, 1.82) is 0 Å². The number of imidazole rings is 1. The highest BCUT2D eigenvalue weighted by atomic mass is 32.2. The lowest BCUT2D eigenvalue weighted by Crippen LogP contribution is -2.26. The van der Waals surface area contributed by atoms with Gasteiger partial charge < -0.3 is 20.0 Å². The third-order valence-electron chi connectivity index (χ3n) is 3.68. The molecule has 0 unspecified atom stereocenters. The van der Waals surface area contributed by atoms with Gasteiger partial charge in [-0.2, -0.15) is 0 Å². The molecule has 10 heteroatoms. The molecule has 9 nitrogen and oxygen atoms in total. The van der Waals surface area contributed by atoms with Crippen LogP contribution in [0.3, 0.4) is 0 Å². The van der Waals surface area contributed by atoms with Gasteiger partial charge >= 0.3 is 5.69 Å². The van der Waals surface area contributed by atoms with Crippen LogP contribution in [0.2, 0.25) is 0 Å². The fourth-order valence-electron chi connectivity index (χ4n) is 2.58. The minimum Gasteiger partial charge on any atom is -0.479 e. The zero-order valence-corrected chi connectivity index (χ0v) is 13.4. The molecule has 1 amide bonds. The Morgan fingerprint density at radius 2 is 1.84 bits per heavy atom. The number of sulfonamides is 1. The van der Waals surface area contributed by atoms with Crippen molar-refractivity contribution in [2.24, 2.45) is 0 Å². The maximum atomic E-state index is 12.6. The summed E-state index contributed by atoms with van der Waals surface area (Å²) in [7, 11) is -3.92. The van der Waals surface area contributed by atoms with Gasteiger partial charge in [0.15, 0.2) is 12.4 Å². The van der Waals surface area contributed by atoms with Crippen molar-refractivity contribution in [3.63, 3.8) is 0 Å². The third kappa shape index (κ3) is 2.72. The molecule has 128 valence electrons. The van der Waals surface area contributed by atoms with Gasteiger partial charge in [-0.05, 0) is 30.3 Å². The summed E-state index contributed by atoms with van der Waals surface area (Å²) in [6.45, 7) is -0.192. The predicted molar refractivity (Wildman–Crippen MR) is 90.3 cm³/mol. The Morgan fingerprint density at radius 3 is 2.68 bits per heavy atom. The summed E-state index contributed by atoms with van der Waals surface area (Å²) >= 11 is 0. The first kappa shape index (κ1) is 15.3. The summed E-state index contributed by atoms with van der Waals surface area (Å²) in [5.74, 6) is -0.0591. The van der Waals surface area contributed by atoms with Gasteiger partial charge in [-0.15, -0.1) is 0 Å². The smallest absolute Gasteiger partial charge is 0.323 e. The van der Waals surface area contributed by atoms with E-state index in [1.54, 1.807) is 12.1 Å². The van der Waals surface area contributed by atoms with E-state index >= 15 is 0 Å². The van der Waals surface area contributed by atoms with Crippen LogP contribution in [0.5, 0.6) is 5.75 Å². The largest absolute Gasteiger partial charge is 0.479 e. The normalized spacial score (nSPS) is 13.8. The van der Waals surface area contributed by atoms with Gasteiger partial charge in [0.2, 0.25) is 0 Å². The number of anilines is 2. The molecule has 2 heterocycles. The molecule has 0 aliphatic carbocycles. The molecule has 1 aliphatic heterocycles. The maximum Gasteiger partial charge on any atom is 0.323 e. The molecular formula is C15H12N4O5S. The molecule has 0 radical (unpaired) electrons. The van der Waals surface area contributed by atoms with Crippen molar-refractivity contribution in [2.75, 3.05) is 16.6 Å². The minimum absolute atomic E-state index is 0.0206. The van der Waals surface area contributed by atoms with Crippen molar-refractivity contribution < 1.29 is 17.9 Å². The van der Waals surface area contributed by atoms with E-state index in [4.69, 9.17) is 4.74 Å². The average molecular weight is 360 g/mol. The van der Waals surface area contributed by atoms with Gasteiger partial charge in [0.25, 0.3) is 15.9 Å². The summed E-state index contributed by atoms with van der Waals surface area (Å²) in [5.41, 5.74) is 1.07. The van der Waals surface area contributed by atoms with E-state index in [1.165, 1.54) is 24.3 Å². The molecule has 0 saturated heterocycles. The number of carbonyl (C=O) groups excluding carboxylic acids is 1. The van der Waals surface area contributed by atoms with E-state index < -0.39 is 15.7 Å². The van der Waals surface area contributed by atoms with Crippen molar-refractivity contribution in [1.82, 2.24) is 9.97 Å². The number of para-hydroxylation sites is 1. The van der Waals surface area contributed by atoms with Gasteiger partial charge in [0.1, 0.15) is 0 Å². The minimum atomic E-state index is -3.92. The van der Waals surface area contributed by atoms with Crippen LogP contribution in [0.4, 0.5) is 11.4 Å². The molecule has 0 saturated carbocycles. The Balaban J connectivity index is 1.72. The number of amides is 1. The van der Waals surface area contributed by atoms with Crippen molar-refractivity contribution in [3.8, 4) is 5.75 Å². The van der Waals surface area contributed by atoms with E-state index in [0.29, 0.717) is 16.7 Å². The molecule has 0 bridgehead atoms. The Labute approximate surface area is 141 Å². The van der Waals surface area contributed by atoms with Crippen LogP contribution in [0, 0.1) is 0 Å². The monoisotopic (exact) mass is 360 g/mol. The molecule has 0 spiro atoms. The van der Waals surface area contributed by atoms with Crippen LogP contribution in [0.15, 0.2) is 46.1 Å². The second-order valence-electron chi connectivity index (χ2n) is 5.41. The van der Waals surface area contributed by atoms with Crippen LogP contribution >= 0.6 is 0 Å². The lowest BCUT2D eigenvalue weighted by atomic mass is 10.2. The zero-order chi connectivity index (χ0) is 17.6. The molecule has 4 N–H and O–H groups in total. The van der Waals surface area contributed by atoms with Crippen molar-refractivity contribution in [2.45, 2.75) is 4.90 Å². The fraction of sp³-hybridized carbons (Fsp3) is 0.0667. The van der Waals surface area contributed by atoms with Gasteiger partial charge in [0, 0.05) is 0 Å². The molecule has 1 aromatic heterocycles. The number of aromatic amines is 2. The number of fused-ring (bicyclic) bond motifs is 2. The summed E-state index contributed by atoms with van der Waals surface area (Å²) in [6, 6.07) is 8.98. The lowest BCUT2D eigenvalue weighted by Gasteiger charge is -2.21. The van der Waals surface area contributed by atoms with E-state index in [2.05, 4.69) is 20.0 Å². The fourth-order valence-corrected chi connectivity index (χ4v) is 3.67. The van der Waals surface area contributed by atoms with Gasteiger partial charge in [0.05, 0.1) is 27.3 Å². The van der Waals surface area contributed by atoms with Crippen LogP contribution < -0.4 is 20.5 Å². The molecule has 25 heavy (non-hydrogen) atoms. The van der Waals surface area contributed by atoms with Gasteiger partial charge in [-0.1, -0.05) is 6.07 Å². The highest BCUT2D eigenvalue weighted by molar-refractivity contribution is 7.92. The Kier molecular flexibility index (Phi) is 3.29. The van der Waals surface area contributed by atoms with E-state index in [-0.39, 0.29) is 28.8 Å². The van der Waals surface area contributed by atoms with Crippen molar-refractivity contribution in [3.05, 3.63) is 46.9 Å². The lowest BCUT2D eigenvalue weighted by molar-refractivity contribution is -0.118. The summed E-state index contributed by atoms with van der Waals surface area (Å²) in [5, 5.41) is 2.61. The number of rotatable bonds is 3. The molecule has 1 aliphatic rings. The first-order valence-corrected chi connectivity index (χ1v) is 8.71. The Morgan fingerprint density at radius 1 is 1.04 bits per heavy atom. The zero-order valence-electron chi connectivity index (χ0n) is 12.6. The standard InChI is InChI=1S/C15H12N4O5S/c20-13-7-24-14-10(16-13)2-1-3-11(14)19-25(22,23)8-4-5-9-12(6-8)18-15(21)17-9/h1-6,19H,7H2,(H,16,20)(H2,17,18,21). The average Bonchev–Trinajstić information content (AvgIpc) is 2.93. The predicted octanol–water partition coefficient (Wildman–Crippen LogP) is 0.988. The number of hydrogen-bond donors (Lipinski definition) is 4. The van der Waals surface area contributed by atoms with Crippen LogP contribution in [0.1, 0.15) is 0 Å². The van der Waals surface area contributed by atoms with Crippen LogP contribution in [0.25, 0.3) is 11.0 Å². The highest BCUT2D eigenvalue weighted by Crippen LogP contribution is 2.36. The second-order valence-corrected chi connectivity index (χ2v) is 7.09. The van der Waals surface area contributed by atoms with E-state index in [9.17, 15) is 18.0 Å². The summed E-state index contributed by atoms with van der Waals surface area (Å²) in [6.07, 6.45) is 0. The van der Waals surface area contributed by atoms with Gasteiger partial charge in [-0.25, -0.2) is 13.2 Å². The Bertz CT molecular complexity index is 1160. The maximum absolute atomic E-state index is 12.6. The number of aromatic nitrogens is 2. The third-order valence-corrected chi connectivity index (χ3v) is 5.04. The number of nitrogens with one attached hydrogen (secondary N) is 4. The van der Waals surface area contributed by atoms with E-state index in [0.717, 1.165) is 0 Å². The number of ether oxygens (including phenoxy) is 1. The molecule has 2 aromatic carbocycles. The SMILES string of the molecule is O=C1COc2c(cccc2NS(=O)(=O)c2ccc3[nH]c(=O)[nH]c3c2)N1. The molecular weight excluding hydrogens is 348 g/mol. The molecule has 4 rings (SSSR count). The van der Waals surface area contributed by atoms with E-state index in [1.807, 2.05) is 0 Å². The first-order chi connectivity index (χ1) is 11.9. The molecule has 0 fully saturated rings. The first-order valence-electron chi connectivity index (χ1n) is 7.23. The van der Waals surface area contributed by atoms with Crippen molar-refractivity contribution >= 4 is 38.3 Å². The second kappa shape index (κ2) is 5.38.